The van der Waals surface area contributed by atoms with Crippen LogP contribution in [0, 0.1) is 24.0 Å². The Bertz CT molecular complexity index is 1030. The number of para-hydroxylation sites is 2. The van der Waals surface area contributed by atoms with E-state index in [4.69, 9.17) is 0 Å². The molecule has 0 radical (unpaired) electrons. The van der Waals surface area contributed by atoms with Gasteiger partial charge in [-0.15, -0.1) is 0 Å². The number of nitrogens with zero attached hydrogens (tertiary/aromatic N) is 2. The maximum atomic E-state index is 13.0. The summed E-state index contributed by atoms with van der Waals surface area (Å²) in [7, 11) is -4.08. The first kappa shape index (κ1) is 18.8. The molecule has 0 saturated carbocycles. The molecule has 9 heteroatoms. The van der Waals surface area contributed by atoms with Gasteiger partial charge < -0.3 is 4.90 Å². The van der Waals surface area contributed by atoms with E-state index in [1.54, 1.807) is 43.0 Å². The largest absolute Gasteiger partial charge is 0.310 e. The van der Waals surface area contributed by atoms with Gasteiger partial charge in [-0.1, -0.05) is 12.1 Å². The third kappa shape index (κ3) is 3.63. The number of carbonyl (C=O) groups excluding carboxylic acids is 1. The predicted molar refractivity (Wildman–Crippen MR) is 101 cm³/mol. The molecule has 1 saturated heterocycles. The quantitative estimate of drug-likeness (QED) is 0.624. The standard InChI is InChI=1S/C18H19N3O5S/c1-12-10-14(21(23)24)11-17(13(12)2)27(25,26)19-15-6-3-4-7-16(15)20-9-5-8-18(20)22/h3-4,6-7,10-11,19H,5,8-9H2,1-2H3. The van der Waals surface area contributed by atoms with Gasteiger partial charge in [0.15, 0.2) is 0 Å². The number of non-ortho nitro benzene ring substituents is 1. The number of amides is 1. The summed E-state index contributed by atoms with van der Waals surface area (Å²) in [4.78, 5) is 23.9. The molecule has 8 nitrogen and oxygen atoms in total. The second-order valence-corrected chi connectivity index (χ2v) is 8.07. The van der Waals surface area contributed by atoms with Crippen molar-refractivity contribution in [3.63, 3.8) is 0 Å². The van der Waals surface area contributed by atoms with Gasteiger partial charge in [0.05, 0.1) is 21.2 Å². The lowest BCUT2D eigenvalue weighted by Gasteiger charge is -2.21. The predicted octanol–water partition coefficient (Wildman–Crippen LogP) is 3.14. The Hall–Kier alpha value is -2.94. The van der Waals surface area contributed by atoms with Gasteiger partial charge in [0.1, 0.15) is 0 Å². The molecule has 0 unspecified atom stereocenters. The smallest absolute Gasteiger partial charge is 0.271 e. The molecule has 0 aliphatic carbocycles. The molecular formula is C18H19N3O5S. The van der Waals surface area contributed by atoms with E-state index in [0.29, 0.717) is 36.2 Å². The number of carbonyl (C=O) groups is 1. The molecule has 3 rings (SSSR count). The highest BCUT2D eigenvalue weighted by molar-refractivity contribution is 7.92. The van der Waals surface area contributed by atoms with Crippen LogP contribution in [0.3, 0.4) is 0 Å². The minimum atomic E-state index is -4.08. The van der Waals surface area contributed by atoms with Gasteiger partial charge in [-0.25, -0.2) is 8.42 Å². The molecule has 1 heterocycles. The summed E-state index contributed by atoms with van der Waals surface area (Å²) in [6.45, 7) is 3.74. The van der Waals surface area contributed by atoms with Crippen LogP contribution >= 0.6 is 0 Å². The number of nitro groups is 1. The van der Waals surface area contributed by atoms with Crippen LogP contribution in [0.1, 0.15) is 24.0 Å². The number of hydrogen-bond acceptors (Lipinski definition) is 5. The summed E-state index contributed by atoms with van der Waals surface area (Å²) >= 11 is 0. The average molecular weight is 389 g/mol. The number of benzene rings is 2. The Morgan fingerprint density at radius 2 is 1.89 bits per heavy atom. The van der Waals surface area contributed by atoms with Gasteiger partial charge in [0.2, 0.25) is 5.91 Å². The van der Waals surface area contributed by atoms with Crippen molar-refractivity contribution in [2.75, 3.05) is 16.2 Å². The lowest BCUT2D eigenvalue weighted by molar-refractivity contribution is -0.385. The van der Waals surface area contributed by atoms with E-state index >= 15 is 0 Å². The van der Waals surface area contributed by atoms with E-state index in [1.807, 2.05) is 0 Å². The van der Waals surface area contributed by atoms with Gasteiger partial charge in [0, 0.05) is 25.1 Å². The van der Waals surface area contributed by atoms with E-state index < -0.39 is 14.9 Å². The number of nitro benzene ring substituents is 1. The van der Waals surface area contributed by atoms with E-state index in [1.165, 1.54) is 6.07 Å². The van der Waals surface area contributed by atoms with E-state index in [2.05, 4.69) is 4.72 Å². The minimum absolute atomic E-state index is 0.0657. The molecule has 27 heavy (non-hydrogen) atoms. The summed E-state index contributed by atoms with van der Waals surface area (Å²) in [5.74, 6) is -0.0657. The molecule has 1 aliphatic rings. The summed E-state index contributed by atoms with van der Waals surface area (Å²) in [5, 5.41) is 11.1. The van der Waals surface area contributed by atoms with Crippen molar-refractivity contribution in [1.29, 1.82) is 0 Å². The van der Waals surface area contributed by atoms with Crippen molar-refractivity contribution in [3.8, 4) is 0 Å². The second-order valence-electron chi connectivity index (χ2n) is 6.41. The van der Waals surface area contributed by atoms with Crippen molar-refractivity contribution in [2.45, 2.75) is 31.6 Å². The molecule has 0 atom stereocenters. The molecule has 142 valence electrons. The van der Waals surface area contributed by atoms with Crippen LogP contribution < -0.4 is 9.62 Å². The number of nitrogens with one attached hydrogen (secondary N) is 1. The number of anilines is 2. The van der Waals surface area contributed by atoms with Gasteiger partial charge in [0.25, 0.3) is 15.7 Å². The first-order valence-electron chi connectivity index (χ1n) is 8.38. The molecule has 2 aromatic rings. The Kier molecular flexibility index (Phi) is 4.88. The summed E-state index contributed by atoms with van der Waals surface area (Å²) in [5.41, 5.74) is 1.39. The fourth-order valence-electron chi connectivity index (χ4n) is 3.09. The SMILES string of the molecule is Cc1cc([N+](=O)[O-])cc(S(=O)(=O)Nc2ccccc2N2CCCC2=O)c1C. The zero-order chi connectivity index (χ0) is 19.8. The highest BCUT2D eigenvalue weighted by atomic mass is 32.2. The Balaban J connectivity index is 2.04. The van der Waals surface area contributed by atoms with Crippen LogP contribution in [0.2, 0.25) is 0 Å². The summed E-state index contributed by atoms with van der Waals surface area (Å²) in [6, 6.07) is 9.01. The summed E-state index contributed by atoms with van der Waals surface area (Å²) < 4.78 is 28.4. The van der Waals surface area contributed by atoms with Crippen LogP contribution in [0.5, 0.6) is 0 Å². The molecule has 1 aliphatic heterocycles. The van der Waals surface area contributed by atoms with Crippen molar-refractivity contribution < 1.29 is 18.1 Å². The zero-order valence-corrected chi connectivity index (χ0v) is 15.7. The number of aryl methyl sites for hydroxylation is 1. The van der Waals surface area contributed by atoms with Crippen LogP contribution in [-0.2, 0) is 14.8 Å². The van der Waals surface area contributed by atoms with E-state index in [9.17, 15) is 23.3 Å². The lowest BCUT2D eigenvalue weighted by Crippen LogP contribution is -2.25. The fourth-order valence-corrected chi connectivity index (χ4v) is 4.50. The highest BCUT2D eigenvalue weighted by Gasteiger charge is 2.27. The van der Waals surface area contributed by atoms with Crippen molar-refractivity contribution >= 4 is 33.0 Å². The molecular weight excluding hydrogens is 370 g/mol. The number of hydrogen-bond donors (Lipinski definition) is 1. The van der Waals surface area contributed by atoms with Gasteiger partial charge in [-0.2, -0.15) is 0 Å². The number of sulfonamides is 1. The summed E-state index contributed by atoms with van der Waals surface area (Å²) in [6.07, 6.45) is 1.13. The third-order valence-corrected chi connectivity index (χ3v) is 6.11. The van der Waals surface area contributed by atoms with Gasteiger partial charge >= 0.3 is 0 Å². The first-order chi connectivity index (χ1) is 12.7. The highest BCUT2D eigenvalue weighted by Crippen LogP contribution is 2.32. The molecule has 0 bridgehead atoms. The first-order valence-corrected chi connectivity index (χ1v) is 9.87. The maximum Gasteiger partial charge on any atom is 0.271 e. The minimum Gasteiger partial charge on any atom is -0.310 e. The second kappa shape index (κ2) is 6.99. The molecule has 2 aromatic carbocycles. The molecule has 1 fully saturated rings. The van der Waals surface area contributed by atoms with Crippen LogP contribution in [0.4, 0.5) is 17.1 Å². The van der Waals surface area contributed by atoms with E-state index in [-0.39, 0.29) is 22.2 Å². The molecule has 1 amide bonds. The molecule has 0 aromatic heterocycles. The van der Waals surface area contributed by atoms with Gasteiger partial charge in [-0.05, 0) is 43.5 Å². The Labute approximate surface area is 157 Å². The van der Waals surface area contributed by atoms with Crippen LogP contribution in [0.25, 0.3) is 0 Å². The maximum absolute atomic E-state index is 13.0. The topological polar surface area (TPSA) is 110 Å². The monoisotopic (exact) mass is 389 g/mol. The normalized spacial score (nSPS) is 14.4. The lowest BCUT2D eigenvalue weighted by atomic mass is 10.1. The van der Waals surface area contributed by atoms with E-state index in [0.717, 1.165) is 6.07 Å². The van der Waals surface area contributed by atoms with Crippen molar-refractivity contribution in [2.24, 2.45) is 0 Å². The van der Waals surface area contributed by atoms with Gasteiger partial charge in [-0.3, -0.25) is 19.6 Å². The zero-order valence-electron chi connectivity index (χ0n) is 14.9. The Morgan fingerprint density at radius 1 is 1.19 bits per heavy atom. The Morgan fingerprint density at radius 3 is 2.52 bits per heavy atom. The third-order valence-electron chi connectivity index (χ3n) is 4.62. The van der Waals surface area contributed by atoms with Crippen LogP contribution in [-0.4, -0.2) is 25.8 Å². The molecule has 1 N–H and O–H groups in total. The molecule has 0 spiro atoms. The average Bonchev–Trinajstić information content (AvgIpc) is 3.02. The number of rotatable bonds is 5. The van der Waals surface area contributed by atoms with Crippen LogP contribution in [0.15, 0.2) is 41.3 Å². The fraction of sp³-hybridized carbons (Fsp3) is 0.278. The van der Waals surface area contributed by atoms with Crippen molar-refractivity contribution in [3.05, 3.63) is 57.6 Å². The van der Waals surface area contributed by atoms with Crippen molar-refractivity contribution in [1.82, 2.24) is 0 Å².